The first-order valence-electron chi connectivity index (χ1n) is 9.18. The van der Waals surface area contributed by atoms with E-state index < -0.39 is 6.10 Å². The average molecular weight is 387 g/mol. The Kier molecular flexibility index (Phi) is 10.4. The Hall–Kier alpha value is -1.50. The van der Waals surface area contributed by atoms with Crippen molar-refractivity contribution in [2.45, 2.75) is 45.8 Å². The number of amides is 1. The summed E-state index contributed by atoms with van der Waals surface area (Å²) in [5, 5.41) is 6.18. The zero-order valence-corrected chi connectivity index (χ0v) is 16.7. The van der Waals surface area contributed by atoms with Crippen LogP contribution in [0.15, 0.2) is 18.2 Å². The van der Waals surface area contributed by atoms with Crippen molar-refractivity contribution in [1.29, 1.82) is 0 Å². The number of rotatable bonds is 9. The van der Waals surface area contributed by atoms with Gasteiger partial charge in [0.05, 0.1) is 25.9 Å². The number of carbonyl (C=O) groups is 1. The molecule has 0 radical (unpaired) electrons. The molecule has 1 heterocycles. The van der Waals surface area contributed by atoms with E-state index in [1.807, 2.05) is 25.1 Å². The molecule has 1 saturated heterocycles. The molecule has 2 rings (SSSR count). The lowest BCUT2D eigenvalue weighted by Gasteiger charge is -2.25. The second kappa shape index (κ2) is 12.0. The van der Waals surface area contributed by atoms with Crippen LogP contribution in [0.1, 0.15) is 45.2 Å². The van der Waals surface area contributed by atoms with Gasteiger partial charge in [-0.05, 0) is 37.5 Å². The molecule has 1 aromatic carbocycles. The Morgan fingerprint density at radius 1 is 1.27 bits per heavy atom. The van der Waals surface area contributed by atoms with E-state index in [0.717, 1.165) is 36.4 Å². The summed E-state index contributed by atoms with van der Waals surface area (Å²) in [6.07, 6.45) is 1.44. The molecule has 0 aromatic heterocycles. The van der Waals surface area contributed by atoms with Crippen LogP contribution in [0.25, 0.3) is 0 Å². The van der Waals surface area contributed by atoms with Gasteiger partial charge in [0, 0.05) is 13.1 Å². The molecule has 26 heavy (non-hydrogen) atoms. The number of hydrogen-bond donors (Lipinski definition) is 2. The van der Waals surface area contributed by atoms with E-state index >= 15 is 0 Å². The highest BCUT2D eigenvalue weighted by Gasteiger charge is 2.23. The molecule has 0 spiro atoms. The minimum atomic E-state index is -0.431. The van der Waals surface area contributed by atoms with E-state index in [0.29, 0.717) is 26.4 Å². The van der Waals surface area contributed by atoms with Crippen LogP contribution in [0.4, 0.5) is 0 Å². The monoisotopic (exact) mass is 386 g/mol. The summed E-state index contributed by atoms with van der Waals surface area (Å²) in [6.45, 7) is 9.28. The predicted molar refractivity (Wildman–Crippen MR) is 104 cm³/mol. The van der Waals surface area contributed by atoms with Gasteiger partial charge >= 0.3 is 0 Å². The van der Waals surface area contributed by atoms with Gasteiger partial charge in [-0.3, -0.25) is 4.79 Å². The maximum atomic E-state index is 12.3. The van der Waals surface area contributed by atoms with Crippen LogP contribution in [-0.2, 0) is 9.53 Å². The van der Waals surface area contributed by atoms with Gasteiger partial charge in [0.1, 0.15) is 6.10 Å². The molecular weight excluding hydrogens is 356 g/mol. The van der Waals surface area contributed by atoms with Crippen molar-refractivity contribution in [2.75, 3.05) is 32.9 Å². The van der Waals surface area contributed by atoms with Crippen LogP contribution >= 0.6 is 12.4 Å². The van der Waals surface area contributed by atoms with E-state index in [-0.39, 0.29) is 24.4 Å². The molecule has 1 aliphatic rings. The van der Waals surface area contributed by atoms with Crippen molar-refractivity contribution in [3.63, 3.8) is 0 Å². The Morgan fingerprint density at radius 3 is 2.58 bits per heavy atom. The number of halogens is 1. The van der Waals surface area contributed by atoms with Crippen molar-refractivity contribution in [3.8, 4) is 11.5 Å². The van der Waals surface area contributed by atoms with Crippen molar-refractivity contribution in [1.82, 2.24) is 10.6 Å². The van der Waals surface area contributed by atoms with Gasteiger partial charge in [-0.25, -0.2) is 0 Å². The molecule has 148 valence electrons. The van der Waals surface area contributed by atoms with Gasteiger partial charge in [0.25, 0.3) is 5.91 Å². The normalized spacial score (nSPS) is 17.7. The molecule has 2 atom stereocenters. The number of hydrogen-bond acceptors (Lipinski definition) is 5. The van der Waals surface area contributed by atoms with Crippen LogP contribution in [0.2, 0.25) is 0 Å². The maximum absolute atomic E-state index is 12.3. The Labute approximate surface area is 162 Å². The molecule has 7 heteroatoms. The minimum Gasteiger partial charge on any atom is -0.490 e. The SMILES string of the molecule is CCCOc1ccc(C(C)NC(=O)C2CNCCO2)cc1OCCC.Cl. The summed E-state index contributed by atoms with van der Waals surface area (Å²) in [4.78, 5) is 12.3. The molecule has 1 aliphatic heterocycles. The summed E-state index contributed by atoms with van der Waals surface area (Å²) < 4.78 is 17.1. The third-order valence-electron chi connectivity index (χ3n) is 3.97. The summed E-state index contributed by atoms with van der Waals surface area (Å²) in [5.74, 6) is 1.38. The smallest absolute Gasteiger partial charge is 0.250 e. The molecule has 1 fully saturated rings. The lowest BCUT2D eigenvalue weighted by molar-refractivity contribution is -0.134. The highest BCUT2D eigenvalue weighted by atomic mass is 35.5. The van der Waals surface area contributed by atoms with E-state index in [1.54, 1.807) is 0 Å². The van der Waals surface area contributed by atoms with Crippen molar-refractivity contribution in [3.05, 3.63) is 23.8 Å². The van der Waals surface area contributed by atoms with Crippen molar-refractivity contribution < 1.29 is 19.0 Å². The largest absolute Gasteiger partial charge is 0.490 e. The lowest BCUT2D eigenvalue weighted by atomic mass is 10.1. The first kappa shape index (κ1) is 22.5. The summed E-state index contributed by atoms with van der Waals surface area (Å²) in [7, 11) is 0. The van der Waals surface area contributed by atoms with E-state index in [1.165, 1.54) is 0 Å². The minimum absolute atomic E-state index is 0. The molecule has 0 bridgehead atoms. The van der Waals surface area contributed by atoms with E-state index in [4.69, 9.17) is 14.2 Å². The lowest BCUT2D eigenvalue weighted by Crippen LogP contribution is -2.48. The molecule has 2 unspecified atom stereocenters. The van der Waals surface area contributed by atoms with Gasteiger partial charge in [0.2, 0.25) is 0 Å². The fourth-order valence-electron chi connectivity index (χ4n) is 2.57. The highest BCUT2D eigenvalue weighted by molar-refractivity contribution is 5.85. The van der Waals surface area contributed by atoms with Gasteiger partial charge in [-0.1, -0.05) is 19.9 Å². The van der Waals surface area contributed by atoms with Crippen LogP contribution in [-0.4, -0.2) is 44.9 Å². The second-order valence-corrected chi connectivity index (χ2v) is 6.20. The summed E-state index contributed by atoms with van der Waals surface area (Å²) in [5.41, 5.74) is 0.979. The van der Waals surface area contributed by atoms with Gasteiger partial charge in [-0.15, -0.1) is 12.4 Å². The average Bonchev–Trinajstić information content (AvgIpc) is 2.65. The molecule has 1 aromatic rings. The Bertz CT molecular complexity index is 550. The fraction of sp³-hybridized carbons (Fsp3) is 0.632. The quantitative estimate of drug-likeness (QED) is 0.683. The predicted octanol–water partition coefficient (Wildman–Crippen LogP) is 2.85. The van der Waals surface area contributed by atoms with Crippen molar-refractivity contribution in [2.24, 2.45) is 0 Å². The molecule has 0 aliphatic carbocycles. The zero-order chi connectivity index (χ0) is 18.1. The van der Waals surface area contributed by atoms with Gasteiger partial charge in [-0.2, -0.15) is 0 Å². The molecule has 0 saturated carbocycles. The maximum Gasteiger partial charge on any atom is 0.250 e. The molecular formula is C19H31ClN2O4. The van der Waals surface area contributed by atoms with E-state index in [2.05, 4.69) is 24.5 Å². The van der Waals surface area contributed by atoms with Gasteiger partial charge < -0.3 is 24.8 Å². The Morgan fingerprint density at radius 2 is 1.96 bits per heavy atom. The zero-order valence-electron chi connectivity index (χ0n) is 15.9. The first-order chi connectivity index (χ1) is 12.2. The van der Waals surface area contributed by atoms with Crippen LogP contribution in [0, 0.1) is 0 Å². The summed E-state index contributed by atoms with van der Waals surface area (Å²) >= 11 is 0. The molecule has 6 nitrogen and oxygen atoms in total. The third kappa shape index (κ3) is 6.67. The third-order valence-corrected chi connectivity index (χ3v) is 3.97. The topological polar surface area (TPSA) is 68.8 Å². The number of ether oxygens (including phenoxy) is 3. The standard InChI is InChI=1S/C19H30N2O4.ClH/c1-4-9-23-16-7-6-15(12-17(16)24-10-5-2)14(3)21-19(22)18-13-20-8-11-25-18;/h6-7,12,14,18,20H,4-5,8-11,13H2,1-3H3,(H,21,22);1H. The molecule has 1 amide bonds. The molecule has 2 N–H and O–H groups in total. The van der Waals surface area contributed by atoms with Crippen LogP contribution in [0.3, 0.4) is 0 Å². The second-order valence-electron chi connectivity index (χ2n) is 6.20. The highest BCUT2D eigenvalue weighted by Crippen LogP contribution is 2.31. The van der Waals surface area contributed by atoms with Crippen LogP contribution < -0.4 is 20.1 Å². The number of morpholine rings is 1. The van der Waals surface area contributed by atoms with Crippen LogP contribution in [0.5, 0.6) is 11.5 Å². The number of carbonyl (C=O) groups excluding carboxylic acids is 1. The fourth-order valence-corrected chi connectivity index (χ4v) is 2.57. The number of benzene rings is 1. The Balaban J connectivity index is 0.00000338. The van der Waals surface area contributed by atoms with Crippen molar-refractivity contribution >= 4 is 18.3 Å². The van der Waals surface area contributed by atoms with E-state index in [9.17, 15) is 4.79 Å². The first-order valence-corrected chi connectivity index (χ1v) is 9.18. The number of nitrogens with one attached hydrogen (secondary N) is 2. The summed E-state index contributed by atoms with van der Waals surface area (Å²) in [6, 6.07) is 5.69. The van der Waals surface area contributed by atoms with Gasteiger partial charge in [0.15, 0.2) is 11.5 Å².